The Morgan fingerprint density at radius 3 is 2.82 bits per heavy atom. The quantitative estimate of drug-likeness (QED) is 0.569. The van der Waals surface area contributed by atoms with Crippen LogP contribution in [0.1, 0.15) is 26.7 Å². The molecule has 3 unspecified atom stereocenters. The predicted molar refractivity (Wildman–Crippen MR) is 44.2 cm³/mol. The minimum Gasteiger partial charge on any atom is -0.377 e. The maximum atomic E-state index is 6.03. The topological polar surface area (TPSA) is 35.2 Å². The van der Waals surface area contributed by atoms with E-state index in [0.717, 1.165) is 6.61 Å². The van der Waals surface area contributed by atoms with Crippen LogP contribution in [0.3, 0.4) is 0 Å². The van der Waals surface area contributed by atoms with Crippen molar-refractivity contribution in [3.63, 3.8) is 0 Å². The first-order valence-electron chi connectivity index (χ1n) is 4.51. The molecule has 11 heavy (non-hydrogen) atoms. The van der Waals surface area contributed by atoms with Crippen LogP contribution in [0.2, 0.25) is 0 Å². The van der Waals surface area contributed by atoms with E-state index in [0.29, 0.717) is 18.1 Å². The molecule has 0 aromatic carbocycles. The van der Waals surface area contributed by atoms with Gasteiger partial charge in [-0.15, -0.1) is 0 Å². The molecule has 1 heterocycles. The van der Waals surface area contributed by atoms with Crippen molar-refractivity contribution in [2.24, 2.45) is 17.1 Å². The Balaban J connectivity index is 2.09. The summed E-state index contributed by atoms with van der Waals surface area (Å²) in [6.07, 6.45) is 2.92. The van der Waals surface area contributed by atoms with Crippen LogP contribution in [-0.4, -0.2) is 18.8 Å². The van der Waals surface area contributed by atoms with Crippen LogP contribution in [0.25, 0.3) is 0 Å². The summed E-state index contributed by atoms with van der Waals surface area (Å²) in [5.41, 5.74) is 6.26. The molecule has 2 fully saturated rings. The molecule has 1 aliphatic carbocycles. The fraction of sp³-hybridized carbons (Fsp3) is 1.00. The van der Waals surface area contributed by atoms with Crippen molar-refractivity contribution in [2.45, 2.75) is 38.8 Å². The van der Waals surface area contributed by atoms with Crippen molar-refractivity contribution in [1.29, 1.82) is 0 Å². The minimum atomic E-state index is 0.227. The first-order valence-corrected chi connectivity index (χ1v) is 4.51. The van der Waals surface area contributed by atoms with Gasteiger partial charge in [0.05, 0.1) is 6.10 Å². The van der Waals surface area contributed by atoms with Crippen LogP contribution in [0.15, 0.2) is 0 Å². The second-order valence-corrected chi connectivity index (χ2v) is 4.44. The molecule has 0 aromatic heterocycles. The summed E-state index contributed by atoms with van der Waals surface area (Å²) in [5, 5.41) is 0. The number of fused-ring (bicyclic) bond motifs is 1. The number of hydrogen-bond acceptors (Lipinski definition) is 2. The lowest BCUT2D eigenvalue weighted by Crippen LogP contribution is -2.67. The lowest BCUT2D eigenvalue weighted by Gasteiger charge is -2.58. The Morgan fingerprint density at radius 2 is 2.18 bits per heavy atom. The molecule has 2 aliphatic rings. The standard InChI is InChI=1S/C9H17NO/c1-9(2)7(10)6-4-3-5-11-8(6)9/h6-8H,3-5,10H2,1-2H3. The molecule has 0 radical (unpaired) electrons. The van der Waals surface area contributed by atoms with Crippen molar-refractivity contribution in [3.05, 3.63) is 0 Å². The highest BCUT2D eigenvalue weighted by atomic mass is 16.5. The molecular formula is C9H17NO. The van der Waals surface area contributed by atoms with Crippen molar-refractivity contribution in [3.8, 4) is 0 Å². The molecule has 0 aromatic rings. The number of hydrogen-bond donors (Lipinski definition) is 1. The molecular weight excluding hydrogens is 138 g/mol. The molecule has 0 spiro atoms. The molecule has 64 valence electrons. The monoisotopic (exact) mass is 155 g/mol. The molecule has 1 saturated heterocycles. The second kappa shape index (κ2) is 2.20. The van der Waals surface area contributed by atoms with Gasteiger partial charge in [-0.3, -0.25) is 0 Å². The molecule has 3 atom stereocenters. The van der Waals surface area contributed by atoms with Crippen molar-refractivity contribution in [2.75, 3.05) is 6.61 Å². The number of nitrogens with two attached hydrogens (primary N) is 1. The Bertz CT molecular complexity index is 167. The molecule has 1 saturated carbocycles. The molecule has 0 amide bonds. The van der Waals surface area contributed by atoms with E-state index in [-0.39, 0.29) is 5.41 Å². The maximum absolute atomic E-state index is 6.03. The first kappa shape index (κ1) is 7.56. The van der Waals surface area contributed by atoms with Gasteiger partial charge in [0, 0.05) is 24.0 Å². The Morgan fingerprint density at radius 1 is 1.45 bits per heavy atom. The molecule has 2 heteroatoms. The lowest BCUT2D eigenvalue weighted by molar-refractivity contribution is -0.183. The zero-order chi connectivity index (χ0) is 8.06. The smallest absolute Gasteiger partial charge is 0.0684 e. The molecule has 0 bridgehead atoms. The van der Waals surface area contributed by atoms with Gasteiger partial charge in [0.15, 0.2) is 0 Å². The van der Waals surface area contributed by atoms with Crippen molar-refractivity contribution >= 4 is 0 Å². The van der Waals surface area contributed by atoms with Gasteiger partial charge in [-0.2, -0.15) is 0 Å². The van der Waals surface area contributed by atoms with Crippen LogP contribution < -0.4 is 5.73 Å². The fourth-order valence-corrected chi connectivity index (χ4v) is 2.56. The summed E-state index contributed by atoms with van der Waals surface area (Å²) in [4.78, 5) is 0. The van der Waals surface area contributed by atoms with Gasteiger partial charge in [0.2, 0.25) is 0 Å². The van der Waals surface area contributed by atoms with E-state index >= 15 is 0 Å². The van der Waals surface area contributed by atoms with Crippen LogP contribution in [-0.2, 0) is 4.74 Å². The van der Waals surface area contributed by atoms with E-state index in [9.17, 15) is 0 Å². The van der Waals surface area contributed by atoms with E-state index < -0.39 is 0 Å². The van der Waals surface area contributed by atoms with Crippen LogP contribution >= 0.6 is 0 Å². The van der Waals surface area contributed by atoms with E-state index in [1.165, 1.54) is 12.8 Å². The highest BCUT2D eigenvalue weighted by Crippen LogP contribution is 2.49. The average molecular weight is 155 g/mol. The molecule has 1 aliphatic heterocycles. The Hall–Kier alpha value is -0.0800. The number of rotatable bonds is 0. The summed E-state index contributed by atoms with van der Waals surface area (Å²) < 4.78 is 5.68. The summed E-state index contributed by atoms with van der Waals surface area (Å²) >= 11 is 0. The first-order chi connectivity index (χ1) is 5.14. The summed E-state index contributed by atoms with van der Waals surface area (Å²) in [6.45, 7) is 5.37. The van der Waals surface area contributed by atoms with Crippen molar-refractivity contribution in [1.82, 2.24) is 0 Å². The van der Waals surface area contributed by atoms with Gasteiger partial charge >= 0.3 is 0 Å². The van der Waals surface area contributed by atoms with Gasteiger partial charge in [-0.25, -0.2) is 0 Å². The van der Waals surface area contributed by atoms with E-state index in [4.69, 9.17) is 10.5 Å². The van der Waals surface area contributed by atoms with Gasteiger partial charge in [0.25, 0.3) is 0 Å². The third-order valence-electron chi connectivity index (χ3n) is 3.42. The zero-order valence-electron chi connectivity index (χ0n) is 7.34. The SMILES string of the molecule is CC1(C)C(N)C2CCCOC21. The Kier molecular flexibility index (Phi) is 1.52. The zero-order valence-corrected chi connectivity index (χ0v) is 7.34. The Labute approximate surface area is 68.1 Å². The van der Waals surface area contributed by atoms with Gasteiger partial charge in [-0.1, -0.05) is 13.8 Å². The van der Waals surface area contributed by atoms with E-state index in [2.05, 4.69) is 13.8 Å². The van der Waals surface area contributed by atoms with Crippen LogP contribution in [0, 0.1) is 11.3 Å². The molecule has 2 nitrogen and oxygen atoms in total. The largest absolute Gasteiger partial charge is 0.377 e. The lowest BCUT2D eigenvalue weighted by atomic mass is 9.56. The highest BCUT2D eigenvalue weighted by Gasteiger charge is 2.55. The third-order valence-corrected chi connectivity index (χ3v) is 3.42. The van der Waals surface area contributed by atoms with E-state index in [1.54, 1.807) is 0 Å². The predicted octanol–water partition coefficient (Wildman–Crippen LogP) is 1.15. The van der Waals surface area contributed by atoms with Crippen LogP contribution in [0.4, 0.5) is 0 Å². The van der Waals surface area contributed by atoms with Gasteiger partial charge < -0.3 is 10.5 Å². The number of ether oxygens (including phenoxy) is 1. The second-order valence-electron chi connectivity index (χ2n) is 4.44. The normalized spacial score (nSPS) is 47.7. The average Bonchev–Trinajstić information content (AvgIpc) is 2.04. The van der Waals surface area contributed by atoms with Crippen molar-refractivity contribution < 1.29 is 4.74 Å². The molecule has 2 N–H and O–H groups in total. The summed E-state index contributed by atoms with van der Waals surface area (Å²) in [5.74, 6) is 0.652. The van der Waals surface area contributed by atoms with Gasteiger partial charge in [0.1, 0.15) is 0 Å². The maximum Gasteiger partial charge on any atom is 0.0684 e. The minimum absolute atomic E-state index is 0.227. The molecule has 2 rings (SSSR count). The third kappa shape index (κ3) is 0.859. The van der Waals surface area contributed by atoms with E-state index in [1.807, 2.05) is 0 Å². The summed E-state index contributed by atoms with van der Waals surface area (Å²) in [7, 11) is 0. The van der Waals surface area contributed by atoms with Gasteiger partial charge in [-0.05, 0) is 12.8 Å². The summed E-state index contributed by atoms with van der Waals surface area (Å²) in [6, 6.07) is 0.368. The fourth-order valence-electron chi connectivity index (χ4n) is 2.56. The highest BCUT2D eigenvalue weighted by molar-refractivity contribution is 5.08. The van der Waals surface area contributed by atoms with Crippen LogP contribution in [0.5, 0.6) is 0 Å².